The summed E-state index contributed by atoms with van der Waals surface area (Å²) in [5, 5.41) is 21.7. The summed E-state index contributed by atoms with van der Waals surface area (Å²) in [5.74, 6) is -0.687. The van der Waals surface area contributed by atoms with E-state index in [-0.39, 0.29) is 43.1 Å². The molecule has 0 spiro atoms. The molecule has 2 N–H and O–H groups in total. The topological polar surface area (TPSA) is 49.7 Å². The molecular formula is C24H14Cl4O3. The molecule has 0 heterocycles. The van der Waals surface area contributed by atoms with Gasteiger partial charge in [-0.05, 0) is 23.3 Å². The third-order valence-corrected chi connectivity index (χ3v) is 6.23. The molecule has 0 bridgehead atoms. The molecule has 0 unspecified atom stereocenters. The Balaban J connectivity index is 1.97. The number of hydrogen-bond acceptors (Lipinski definition) is 3. The lowest BCUT2D eigenvalue weighted by Crippen LogP contribution is -1.94. The number of phenols is 2. The van der Waals surface area contributed by atoms with Gasteiger partial charge in [0, 0.05) is 11.1 Å². The second kappa shape index (κ2) is 8.89. The van der Waals surface area contributed by atoms with Gasteiger partial charge in [0.05, 0.1) is 10.0 Å². The zero-order chi connectivity index (χ0) is 22.1. The summed E-state index contributed by atoms with van der Waals surface area (Å²) in [6.07, 6.45) is 0. The SMILES string of the molecule is Oc1c(Cl)c(Cl)cc(-c2ccccc2)c1Oc1c(-c2ccccc2)cc(Cl)c(Cl)c1O. The fourth-order valence-corrected chi connectivity index (χ4v) is 3.84. The lowest BCUT2D eigenvalue weighted by atomic mass is 10.0. The maximum absolute atomic E-state index is 10.8. The Labute approximate surface area is 199 Å². The first-order chi connectivity index (χ1) is 14.9. The van der Waals surface area contributed by atoms with Crippen molar-refractivity contribution < 1.29 is 14.9 Å². The van der Waals surface area contributed by atoms with Crippen LogP contribution in [-0.4, -0.2) is 10.2 Å². The van der Waals surface area contributed by atoms with E-state index in [2.05, 4.69) is 0 Å². The maximum atomic E-state index is 10.8. The van der Waals surface area contributed by atoms with Crippen molar-refractivity contribution >= 4 is 46.4 Å². The van der Waals surface area contributed by atoms with Crippen LogP contribution in [0.3, 0.4) is 0 Å². The van der Waals surface area contributed by atoms with Crippen molar-refractivity contribution in [3.8, 4) is 45.3 Å². The Morgan fingerprint density at radius 3 is 1.26 bits per heavy atom. The minimum absolute atomic E-state index is 0.0199. The van der Waals surface area contributed by atoms with Crippen LogP contribution in [0.25, 0.3) is 22.3 Å². The van der Waals surface area contributed by atoms with E-state index in [1.165, 1.54) is 0 Å². The van der Waals surface area contributed by atoms with E-state index in [9.17, 15) is 10.2 Å². The Kier molecular flexibility index (Phi) is 6.22. The molecule has 31 heavy (non-hydrogen) atoms. The Morgan fingerprint density at radius 2 is 0.903 bits per heavy atom. The molecule has 0 amide bonds. The summed E-state index contributed by atoms with van der Waals surface area (Å²) in [5.41, 5.74) is 2.42. The second-order valence-corrected chi connectivity index (χ2v) is 8.20. The summed E-state index contributed by atoms with van der Waals surface area (Å²) in [6.45, 7) is 0. The van der Waals surface area contributed by atoms with Gasteiger partial charge in [-0.2, -0.15) is 0 Å². The van der Waals surface area contributed by atoms with Gasteiger partial charge in [-0.25, -0.2) is 0 Å². The zero-order valence-electron chi connectivity index (χ0n) is 15.7. The molecule has 0 aliphatic rings. The van der Waals surface area contributed by atoms with Crippen LogP contribution < -0.4 is 4.74 Å². The Morgan fingerprint density at radius 1 is 0.548 bits per heavy atom. The van der Waals surface area contributed by atoms with Crippen molar-refractivity contribution in [1.29, 1.82) is 0 Å². The van der Waals surface area contributed by atoms with E-state index in [0.717, 1.165) is 11.1 Å². The van der Waals surface area contributed by atoms with Crippen LogP contribution in [-0.2, 0) is 0 Å². The van der Waals surface area contributed by atoms with Crippen molar-refractivity contribution in [2.24, 2.45) is 0 Å². The highest BCUT2D eigenvalue weighted by atomic mass is 35.5. The van der Waals surface area contributed by atoms with Crippen molar-refractivity contribution in [3.63, 3.8) is 0 Å². The van der Waals surface area contributed by atoms with Gasteiger partial charge in [-0.1, -0.05) is 107 Å². The molecule has 0 saturated carbocycles. The molecule has 156 valence electrons. The van der Waals surface area contributed by atoms with E-state index < -0.39 is 0 Å². The second-order valence-electron chi connectivity index (χ2n) is 6.63. The number of aromatic hydroxyl groups is 2. The normalized spacial score (nSPS) is 10.8. The van der Waals surface area contributed by atoms with Gasteiger partial charge in [-0.3, -0.25) is 0 Å². The van der Waals surface area contributed by atoms with Crippen LogP contribution in [0.2, 0.25) is 20.1 Å². The van der Waals surface area contributed by atoms with Gasteiger partial charge in [-0.15, -0.1) is 0 Å². The molecule has 0 aliphatic heterocycles. The van der Waals surface area contributed by atoms with Crippen LogP contribution >= 0.6 is 46.4 Å². The summed E-state index contributed by atoms with van der Waals surface area (Å²) in [4.78, 5) is 0. The summed E-state index contributed by atoms with van der Waals surface area (Å²) in [7, 11) is 0. The molecule has 0 aliphatic carbocycles. The molecule has 4 aromatic carbocycles. The molecule has 0 fully saturated rings. The van der Waals surface area contributed by atoms with Crippen LogP contribution in [0.15, 0.2) is 72.8 Å². The summed E-state index contributed by atoms with van der Waals surface area (Å²) >= 11 is 24.8. The Bertz CT molecular complexity index is 1160. The first-order valence-corrected chi connectivity index (χ1v) is 10.6. The zero-order valence-corrected chi connectivity index (χ0v) is 18.8. The highest BCUT2D eigenvalue weighted by molar-refractivity contribution is 6.44. The molecule has 4 aromatic rings. The van der Waals surface area contributed by atoms with Gasteiger partial charge in [0.15, 0.2) is 23.0 Å². The van der Waals surface area contributed by atoms with Gasteiger partial charge in [0.25, 0.3) is 0 Å². The molecule has 4 rings (SSSR count). The first kappa shape index (κ1) is 21.7. The number of halogens is 4. The number of phenolic OH excluding ortho intramolecular Hbond substituents is 2. The Hall–Kier alpha value is -2.56. The molecule has 0 atom stereocenters. The molecule has 0 aromatic heterocycles. The van der Waals surface area contributed by atoms with Crippen LogP contribution in [0.5, 0.6) is 23.0 Å². The predicted octanol–water partition coefficient (Wildman–Crippen LogP) is 8.84. The van der Waals surface area contributed by atoms with Crippen molar-refractivity contribution in [2.45, 2.75) is 0 Å². The van der Waals surface area contributed by atoms with E-state index in [4.69, 9.17) is 51.1 Å². The minimum atomic E-state index is -0.363. The minimum Gasteiger partial charge on any atom is -0.503 e. The van der Waals surface area contributed by atoms with Crippen molar-refractivity contribution in [1.82, 2.24) is 0 Å². The fourth-order valence-electron chi connectivity index (χ4n) is 3.16. The monoisotopic (exact) mass is 490 g/mol. The average molecular weight is 492 g/mol. The third-order valence-electron chi connectivity index (χ3n) is 4.67. The van der Waals surface area contributed by atoms with E-state index in [0.29, 0.717) is 11.1 Å². The highest BCUT2D eigenvalue weighted by Gasteiger charge is 2.24. The molecule has 0 saturated heterocycles. The largest absolute Gasteiger partial charge is 0.503 e. The highest BCUT2D eigenvalue weighted by Crippen LogP contribution is 2.53. The predicted molar refractivity (Wildman–Crippen MR) is 127 cm³/mol. The number of hydrogen-bond donors (Lipinski definition) is 2. The van der Waals surface area contributed by atoms with E-state index in [1.807, 2.05) is 60.7 Å². The van der Waals surface area contributed by atoms with Gasteiger partial charge >= 0.3 is 0 Å². The molecule has 0 radical (unpaired) electrons. The summed E-state index contributed by atoms with van der Waals surface area (Å²) < 4.78 is 6.10. The van der Waals surface area contributed by atoms with E-state index >= 15 is 0 Å². The number of rotatable bonds is 4. The summed E-state index contributed by atoms with van der Waals surface area (Å²) in [6, 6.07) is 21.6. The maximum Gasteiger partial charge on any atom is 0.179 e. The quantitative estimate of drug-likeness (QED) is 0.299. The number of benzene rings is 4. The van der Waals surface area contributed by atoms with Crippen molar-refractivity contribution in [3.05, 3.63) is 92.9 Å². The average Bonchev–Trinajstić information content (AvgIpc) is 2.80. The smallest absolute Gasteiger partial charge is 0.179 e. The van der Waals surface area contributed by atoms with Crippen molar-refractivity contribution in [2.75, 3.05) is 0 Å². The molecule has 3 nitrogen and oxygen atoms in total. The van der Waals surface area contributed by atoms with Crippen LogP contribution in [0.1, 0.15) is 0 Å². The lowest BCUT2D eigenvalue weighted by Gasteiger charge is -2.19. The molecule has 7 heteroatoms. The third kappa shape index (κ3) is 4.15. The fraction of sp³-hybridized carbons (Fsp3) is 0. The van der Waals surface area contributed by atoms with Crippen LogP contribution in [0.4, 0.5) is 0 Å². The van der Waals surface area contributed by atoms with Gasteiger partial charge in [0.2, 0.25) is 0 Å². The molecular weight excluding hydrogens is 478 g/mol. The van der Waals surface area contributed by atoms with E-state index in [1.54, 1.807) is 12.1 Å². The van der Waals surface area contributed by atoms with Crippen LogP contribution in [0, 0.1) is 0 Å². The first-order valence-electron chi connectivity index (χ1n) is 9.09. The standard InChI is InChI=1S/C24H14Cl4O3/c25-17-11-15(13-7-3-1-4-8-13)23(21(29)19(17)27)31-24-16(14-9-5-2-6-10-14)12-18(26)20(28)22(24)30/h1-12,29-30H. The number of ether oxygens (including phenoxy) is 1. The lowest BCUT2D eigenvalue weighted by molar-refractivity contribution is 0.387. The van der Waals surface area contributed by atoms with Gasteiger partial charge < -0.3 is 14.9 Å². The van der Waals surface area contributed by atoms with Gasteiger partial charge in [0.1, 0.15) is 10.0 Å².